The normalized spacial score (nSPS) is 9.90. The molecule has 0 N–H and O–H groups in total. The van der Waals surface area contributed by atoms with Crippen LogP contribution in [0.1, 0.15) is 22.8 Å². The van der Waals surface area contributed by atoms with Gasteiger partial charge in [0.1, 0.15) is 6.07 Å². The highest BCUT2D eigenvalue weighted by Gasteiger charge is 2.13. The highest BCUT2D eigenvalue weighted by molar-refractivity contribution is 6.33. The van der Waals surface area contributed by atoms with E-state index in [1.54, 1.807) is 24.3 Å². The number of para-hydroxylation sites is 1. The minimum absolute atomic E-state index is 0.0291. The zero-order valence-electron chi connectivity index (χ0n) is 11.2. The van der Waals surface area contributed by atoms with Crippen LogP contribution in [0.15, 0.2) is 42.5 Å². The lowest BCUT2D eigenvalue weighted by Crippen LogP contribution is -2.11. The Bertz CT molecular complexity index is 704. The Hall–Kier alpha value is -2.31. The van der Waals surface area contributed by atoms with Crippen LogP contribution in [0, 0.1) is 11.3 Å². The van der Waals surface area contributed by atoms with Gasteiger partial charge in [-0.3, -0.25) is 4.79 Å². The second-order valence-electron chi connectivity index (χ2n) is 4.41. The molecule has 0 saturated heterocycles. The van der Waals surface area contributed by atoms with E-state index >= 15 is 0 Å². The summed E-state index contributed by atoms with van der Waals surface area (Å²) in [6.07, 6.45) is 0. The molecule has 0 heterocycles. The molecule has 2 aromatic carbocycles. The summed E-state index contributed by atoms with van der Waals surface area (Å²) in [5.41, 5.74) is 2.66. The van der Waals surface area contributed by atoms with Crippen molar-refractivity contribution in [3.05, 3.63) is 58.6 Å². The van der Waals surface area contributed by atoms with Crippen LogP contribution in [-0.4, -0.2) is 12.8 Å². The van der Waals surface area contributed by atoms with E-state index in [-0.39, 0.29) is 5.78 Å². The number of carbonyl (C=O) groups is 1. The molecule has 0 fully saturated rings. The molecule has 0 spiro atoms. The summed E-state index contributed by atoms with van der Waals surface area (Å²) in [6.45, 7) is 1.50. The van der Waals surface area contributed by atoms with E-state index in [4.69, 9.17) is 16.9 Å². The number of Topliss-reactive ketones (excluding diaryl/α,β-unsaturated/α-hetero) is 1. The number of benzene rings is 2. The van der Waals surface area contributed by atoms with Gasteiger partial charge in [-0.25, -0.2) is 0 Å². The van der Waals surface area contributed by atoms with Crippen molar-refractivity contribution in [3.8, 4) is 6.07 Å². The van der Waals surface area contributed by atoms with Crippen LogP contribution in [0.5, 0.6) is 0 Å². The van der Waals surface area contributed by atoms with Crippen LogP contribution < -0.4 is 4.90 Å². The Morgan fingerprint density at radius 2 is 1.90 bits per heavy atom. The van der Waals surface area contributed by atoms with Gasteiger partial charge in [-0.05, 0) is 37.3 Å². The van der Waals surface area contributed by atoms with Gasteiger partial charge in [0.2, 0.25) is 0 Å². The summed E-state index contributed by atoms with van der Waals surface area (Å²) < 4.78 is 0. The fourth-order valence-electron chi connectivity index (χ4n) is 1.99. The summed E-state index contributed by atoms with van der Waals surface area (Å²) >= 11 is 6.24. The maximum Gasteiger partial charge on any atom is 0.159 e. The highest BCUT2D eigenvalue weighted by Crippen LogP contribution is 2.32. The van der Waals surface area contributed by atoms with Crippen LogP contribution in [0.25, 0.3) is 0 Å². The lowest BCUT2D eigenvalue weighted by atomic mass is 10.1. The summed E-state index contributed by atoms with van der Waals surface area (Å²) in [6, 6.07) is 14.6. The third-order valence-corrected chi connectivity index (χ3v) is 3.40. The average Bonchev–Trinajstić information content (AvgIpc) is 2.46. The van der Waals surface area contributed by atoms with E-state index in [0.29, 0.717) is 16.1 Å². The third kappa shape index (κ3) is 2.66. The molecular weight excluding hydrogens is 272 g/mol. The number of halogens is 1. The Kier molecular flexibility index (Phi) is 4.07. The molecule has 2 aromatic rings. The van der Waals surface area contributed by atoms with Crippen molar-refractivity contribution in [3.63, 3.8) is 0 Å². The quantitative estimate of drug-likeness (QED) is 0.794. The van der Waals surface area contributed by atoms with Crippen molar-refractivity contribution in [2.24, 2.45) is 0 Å². The molecule has 2 rings (SSSR count). The standard InChI is InChI=1S/C16H13ClN2O/c1-11(20)12-7-8-16(14(17)9-12)19(2)15-6-4-3-5-13(15)10-18/h3-9H,1-2H3. The molecule has 100 valence electrons. The fraction of sp³-hybridized carbons (Fsp3) is 0.125. The first kappa shape index (κ1) is 14.1. The van der Waals surface area contributed by atoms with E-state index < -0.39 is 0 Å². The predicted octanol–water partition coefficient (Wildman–Crippen LogP) is 4.18. The van der Waals surface area contributed by atoms with E-state index in [0.717, 1.165) is 11.4 Å². The van der Waals surface area contributed by atoms with Crippen molar-refractivity contribution in [1.82, 2.24) is 0 Å². The number of carbonyl (C=O) groups excluding carboxylic acids is 1. The maximum atomic E-state index is 11.3. The first-order valence-corrected chi connectivity index (χ1v) is 6.45. The van der Waals surface area contributed by atoms with Gasteiger partial charge in [-0.15, -0.1) is 0 Å². The lowest BCUT2D eigenvalue weighted by molar-refractivity contribution is 0.101. The van der Waals surface area contributed by atoms with Crippen molar-refractivity contribution in [1.29, 1.82) is 5.26 Å². The molecule has 0 amide bonds. The first-order valence-electron chi connectivity index (χ1n) is 6.08. The van der Waals surface area contributed by atoms with Gasteiger partial charge in [0.05, 0.1) is 22.0 Å². The minimum atomic E-state index is -0.0291. The van der Waals surface area contributed by atoms with E-state index in [9.17, 15) is 4.79 Å². The molecule has 0 aromatic heterocycles. The maximum absolute atomic E-state index is 11.3. The molecule has 20 heavy (non-hydrogen) atoms. The molecule has 4 heteroatoms. The van der Waals surface area contributed by atoms with Gasteiger partial charge in [-0.1, -0.05) is 23.7 Å². The molecule has 0 bridgehead atoms. The molecule has 0 radical (unpaired) electrons. The molecule has 3 nitrogen and oxygen atoms in total. The number of ketones is 1. The molecule has 0 atom stereocenters. The summed E-state index contributed by atoms with van der Waals surface area (Å²) in [5.74, 6) is -0.0291. The first-order chi connectivity index (χ1) is 9.54. The van der Waals surface area contributed by atoms with Gasteiger partial charge in [0.15, 0.2) is 5.78 Å². The molecule has 0 unspecified atom stereocenters. The van der Waals surface area contributed by atoms with Gasteiger partial charge >= 0.3 is 0 Å². The smallest absolute Gasteiger partial charge is 0.159 e. The predicted molar refractivity (Wildman–Crippen MR) is 80.7 cm³/mol. The van der Waals surface area contributed by atoms with Crippen LogP contribution in [0.3, 0.4) is 0 Å². The lowest BCUT2D eigenvalue weighted by Gasteiger charge is -2.22. The van der Waals surface area contributed by atoms with Gasteiger partial charge < -0.3 is 4.90 Å². The van der Waals surface area contributed by atoms with Crippen molar-refractivity contribution >= 4 is 28.8 Å². The van der Waals surface area contributed by atoms with Crippen molar-refractivity contribution in [2.45, 2.75) is 6.92 Å². The third-order valence-electron chi connectivity index (χ3n) is 3.10. The van der Waals surface area contributed by atoms with E-state index in [1.165, 1.54) is 6.92 Å². The number of nitrogens with zero attached hydrogens (tertiary/aromatic N) is 2. The van der Waals surface area contributed by atoms with Crippen molar-refractivity contribution in [2.75, 3.05) is 11.9 Å². The summed E-state index contributed by atoms with van der Waals surface area (Å²) in [5, 5.41) is 9.63. The monoisotopic (exact) mass is 284 g/mol. The number of hydrogen-bond donors (Lipinski definition) is 0. The molecule has 0 saturated carbocycles. The van der Waals surface area contributed by atoms with Crippen LogP contribution >= 0.6 is 11.6 Å². The van der Waals surface area contributed by atoms with E-state index in [1.807, 2.05) is 30.1 Å². The second-order valence-corrected chi connectivity index (χ2v) is 4.82. The Balaban J connectivity index is 2.46. The minimum Gasteiger partial charge on any atom is -0.342 e. The Morgan fingerprint density at radius 3 is 2.50 bits per heavy atom. The van der Waals surface area contributed by atoms with Crippen LogP contribution in [0.2, 0.25) is 5.02 Å². The molecule has 0 aliphatic rings. The number of nitriles is 1. The van der Waals surface area contributed by atoms with E-state index in [2.05, 4.69) is 6.07 Å². The van der Waals surface area contributed by atoms with Gasteiger partial charge in [-0.2, -0.15) is 5.26 Å². The SMILES string of the molecule is CC(=O)c1ccc(N(C)c2ccccc2C#N)c(Cl)c1. The number of rotatable bonds is 3. The average molecular weight is 285 g/mol. The summed E-state index contributed by atoms with van der Waals surface area (Å²) in [4.78, 5) is 13.2. The number of hydrogen-bond acceptors (Lipinski definition) is 3. The van der Waals surface area contributed by atoms with Gasteiger partial charge in [0, 0.05) is 12.6 Å². The molecule has 0 aliphatic heterocycles. The summed E-state index contributed by atoms with van der Waals surface area (Å²) in [7, 11) is 1.84. The zero-order valence-corrected chi connectivity index (χ0v) is 12.0. The molecular formula is C16H13ClN2O. The molecule has 0 aliphatic carbocycles. The largest absolute Gasteiger partial charge is 0.342 e. The van der Waals surface area contributed by atoms with Crippen LogP contribution in [-0.2, 0) is 0 Å². The van der Waals surface area contributed by atoms with Gasteiger partial charge in [0.25, 0.3) is 0 Å². The fourth-order valence-corrected chi connectivity index (χ4v) is 2.30. The second kappa shape index (κ2) is 5.77. The Morgan fingerprint density at radius 1 is 1.20 bits per heavy atom. The number of anilines is 2. The van der Waals surface area contributed by atoms with Crippen LogP contribution in [0.4, 0.5) is 11.4 Å². The van der Waals surface area contributed by atoms with Crippen molar-refractivity contribution < 1.29 is 4.79 Å². The highest BCUT2D eigenvalue weighted by atomic mass is 35.5. The zero-order chi connectivity index (χ0) is 14.7. The Labute approximate surface area is 123 Å². The topological polar surface area (TPSA) is 44.1 Å².